The summed E-state index contributed by atoms with van der Waals surface area (Å²) in [7, 11) is 0. The molecule has 0 spiro atoms. The molecule has 0 aliphatic carbocycles. The van der Waals surface area contributed by atoms with E-state index < -0.39 is 9.85 Å². The highest BCUT2D eigenvalue weighted by Crippen LogP contribution is 2.26. The van der Waals surface area contributed by atoms with Crippen LogP contribution in [0.3, 0.4) is 0 Å². The van der Waals surface area contributed by atoms with Crippen LogP contribution in [0.2, 0.25) is 0 Å². The van der Waals surface area contributed by atoms with E-state index in [0.29, 0.717) is 23.0 Å². The summed E-state index contributed by atoms with van der Waals surface area (Å²) in [6.07, 6.45) is 1.71. The van der Waals surface area contributed by atoms with Gasteiger partial charge in [-0.05, 0) is 78.4 Å². The molecule has 0 bridgehead atoms. The van der Waals surface area contributed by atoms with E-state index in [4.69, 9.17) is 9.47 Å². The molecule has 0 saturated carbocycles. The van der Waals surface area contributed by atoms with Gasteiger partial charge in [-0.25, -0.2) is 0 Å². The number of nitro groups is 2. The maximum absolute atomic E-state index is 10.7. The Bertz CT molecular complexity index is 1210. The van der Waals surface area contributed by atoms with Crippen molar-refractivity contribution in [2.24, 2.45) is 4.99 Å². The quantitative estimate of drug-likeness (QED) is 0.163. The van der Waals surface area contributed by atoms with E-state index in [9.17, 15) is 20.2 Å². The molecular formula is C25H17N3O6. The van der Waals surface area contributed by atoms with Crippen LogP contribution in [-0.4, -0.2) is 16.1 Å². The topological polar surface area (TPSA) is 117 Å². The van der Waals surface area contributed by atoms with Crippen LogP contribution in [0.15, 0.2) is 102 Å². The van der Waals surface area contributed by atoms with E-state index in [-0.39, 0.29) is 11.4 Å². The zero-order valence-electron chi connectivity index (χ0n) is 17.6. The summed E-state index contributed by atoms with van der Waals surface area (Å²) < 4.78 is 11.4. The van der Waals surface area contributed by atoms with Crippen molar-refractivity contribution in [3.05, 3.63) is 123 Å². The van der Waals surface area contributed by atoms with Crippen LogP contribution in [-0.2, 0) is 0 Å². The fourth-order valence-corrected chi connectivity index (χ4v) is 2.92. The summed E-state index contributed by atoms with van der Waals surface area (Å²) in [5.74, 6) is 2.18. The van der Waals surface area contributed by atoms with Crippen LogP contribution < -0.4 is 9.47 Å². The van der Waals surface area contributed by atoms with Crippen molar-refractivity contribution in [3.8, 4) is 23.0 Å². The van der Waals surface area contributed by atoms with Crippen molar-refractivity contribution in [2.45, 2.75) is 0 Å². The van der Waals surface area contributed by atoms with Gasteiger partial charge in [-0.2, -0.15) is 0 Å². The number of nitrogens with zero attached hydrogens (tertiary/aromatic N) is 3. The van der Waals surface area contributed by atoms with E-state index >= 15 is 0 Å². The van der Waals surface area contributed by atoms with Crippen molar-refractivity contribution in [1.29, 1.82) is 0 Å². The van der Waals surface area contributed by atoms with E-state index in [1.54, 1.807) is 66.9 Å². The van der Waals surface area contributed by atoms with Gasteiger partial charge in [0.15, 0.2) is 0 Å². The SMILES string of the molecule is O=[N+]([O-])c1ccc(Oc2ccc(C=Nc3ccc(Oc4ccc([N+](=O)[O-])cc4)cc3)cc2)cc1. The molecule has 168 valence electrons. The third-order valence-electron chi connectivity index (χ3n) is 4.65. The summed E-state index contributed by atoms with van der Waals surface area (Å²) in [6, 6.07) is 26.1. The highest BCUT2D eigenvalue weighted by Gasteiger charge is 2.06. The van der Waals surface area contributed by atoms with Crippen LogP contribution >= 0.6 is 0 Å². The Morgan fingerprint density at radius 1 is 0.559 bits per heavy atom. The molecule has 0 fully saturated rings. The van der Waals surface area contributed by atoms with Crippen molar-refractivity contribution >= 4 is 23.3 Å². The Labute approximate surface area is 193 Å². The third kappa shape index (κ3) is 5.80. The first-order valence-corrected chi connectivity index (χ1v) is 10.0. The Morgan fingerprint density at radius 3 is 1.29 bits per heavy atom. The zero-order chi connectivity index (χ0) is 23.9. The van der Waals surface area contributed by atoms with Gasteiger partial charge in [0.2, 0.25) is 0 Å². The minimum Gasteiger partial charge on any atom is -0.457 e. The minimum absolute atomic E-state index is 0.00276. The lowest BCUT2D eigenvalue weighted by atomic mass is 10.2. The molecule has 0 unspecified atom stereocenters. The second-order valence-electron chi connectivity index (χ2n) is 7.03. The predicted molar refractivity (Wildman–Crippen MR) is 126 cm³/mol. The fraction of sp³-hybridized carbons (Fsp3) is 0. The standard InChI is InChI=1S/C25H17N3O6/c29-27(30)20-5-13-24(14-6-20)33-22-9-1-18(2-10-22)17-26-19-3-11-23(12-4-19)34-25-15-7-21(8-16-25)28(31)32/h1-17H. The molecule has 0 saturated heterocycles. The largest absolute Gasteiger partial charge is 0.457 e. The first kappa shape index (κ1) is 22.2. The molecule has 9 nitrogen and oxygen atoms in total. The normalized spacial score (nSPS) is 10.7. The number of non-ortho nitro benzene ring substituents is 2. The minimum atomic E-state index is -0.462. The maximum Gasteiger partial charge on any atom is 0.269 e. The Kier molecular flexibility index (Phi) is 6.55. The van der Waals surface area contributed by atoms with Gasteiger partial charge in [-0.3, -0.25) is 25.2 Å². The molecule has 0 aliphatic rings. The van der Waals surface area contributed by atoms with Crippen molar-refractivity contribution in [3.63, 3.8) is 0 Å². The summed E-state index contributed by atoms with van der Waals surface area (Å²) in [6.45, 7) is 0. The maximum atomic E-state index is 10.7. The highest BCUT2D eigenvalue weighted by atomic mass is 16.6. The van der Waals surface area contributed by atoms with Gasteiger partial charge in [0.25, 0.3) is 11.4 Å². The molecule has 0 radical (unpaired) electrons. The van der Waals surface area contributed by atoms with Gasteiger partial charge in [0, 0.05) is 30.5 Å². The molecule has 0 aliphatic heterocycles. The smallest absolute Gasteiger partial charge is 0.269 e. The van der Waals surface area contributed by atoms with Gasteiger partial charge in [-0.15, -0.1) is 0 Å². The van der Waals surface area contributed by atoms with Crippen molar-refractivity contribution < 1.29 is 19.3 Å². The zero-order valence-corrected chi connectivity index (χ0v) is 17.6. The highest BCUT2D eigenvalue weighted by molar-refractivity contribution is 5.82. The van der Waals surface area contributed by atoms with Crippen LogP contribution in [0.5, 0.6) is 23.0 Å². The van der Waals surface area contributed by atoms with Crippen LogP contribution in [0.1, 0.15) is 5.56 Å². The monoisotopic (exact) mass is 455 g/mol. The second kappa shape index (κ2) is 10.0. The number of aliphatic imine (C=N–C) groups is 1. The Hall–Kier alpha value is -5.05. The van der Waals surface area contributed by atoms with Crippen LogP contribution in [0.4, 0.5) is 17.1 Å². The molecule has 0 atom stereocenters. The fourth-order valence-electron chi connectivity index (χ4n) is 2.92. The Balaban J connectivity index is 1.34. The van der Waals surface area contributed by atoms with Gasteiger partial charge in [-0.1, -0.05) is 0 Å². The van der Waals surface area contributed by atoms with Crippen molar-refractivity contribution in [1.82, 2.24) is 0 Å². The van der Waals surface area contributed by atoms with Gasteiger partial charge < -0.3 is 9.47 Å². The van der Waals surface area contributed by atoms with Crippen LogP contribution in [0.25, 0.3) is 0 Å². The summed E-state index contributed by atoms with van der Waals surface area (Å²) in [5, 5.41) is 21.4. The average molecular weight is 455 g/mol. The molecule has 4 aromatic carbocycles. The van der Waals surface area contributed by atoms with Gasteiger partial charge in [0.1, 0.15) is 23.0 Å². The number of ether oxygens (including phenoxy) is 2. The molecule has 34 heavy (non-hydrogen) atoms. The number of hydrogen-bond donors (Lipinski definition) is 0. The second-order valence-corrected chi connectivity index (χ2v) is 7.03. The molecule has 0 heterocycles. The molecule has 9 heteroatoms. The molecular weight excluding hydrogens is 438 g/mol. The van der Waals surface area contributed by atoms with E-state index in [0.717, 1.165) is 11.3 Å². The van der Waals surface area contributed by atoms with E-state index in [1.165, 1.54) is 24.3 Å². The number of hydrogen-bond acceptors (Lipinski definition) is 7. The third-order valence-corrected chi connectivity index (χ3v) is 4.65. The first-order valence-electron chi connectivity index (χ1n) is 10.0. The number of rotatable bonds is 8. The molecule has 0 N–H and O–H groups in total. The van der Waals surface area contributed by atoms with Gasteiger partial charge >= 0.3 is 0 Å². The average Bonchev–Trinajstić information content (AvgIpc) is 2.85. The lowest BCUT2D eigenvalue weighted by molar-refractivity contribution is -0.385. The number of benzene rings is 4. The summed E-state index contributed by atoms with van der Waals surface area (Å²) in [4.78, 5) is 24.9. The molecule has 4 rings (SSSR count). The summed E-state index contributed by atoms with van der Waals surface area (Å²) in [5.41, 5.74) is 1.59. The van der Waals surface area contributed by atoms with E-state index in [2.05, 4.69) is 4.99 Å². The van der Waals surface area contributed by atoms with Crippen LogP contribution in [0, 0.1) is 20.2 Å². The predicted octanol–water partition coefficient (Wildman–Crippen LogP) is 6.84. The number of nitro benzene ring substituents is 2. The summed E-state index contributed by atoms with van der Waals surface area (Å²) >= 11 is 0. The van der Waals surface area contributed by atoms with Crippen molar-refractivity contribution in [2.75, 3.05) is 0 Å². The van der Waals surface area contributed by atoms with Gasteiger partial charge in [0.05, 0.1) is 15.5 Å². The lowest BCUT2D eigenvalue weighted by Gasteiger charge is -2.06. The molecule has 0 aromatic heterocycles. The van der Waals surface area contributed by atoms with E-state index in [1.807, 2.05) is 12.1 Å². The Morgan fingerprint density at radius 2 is 0.912 bits per heavy atom. The molecule has 0 amide bonds. The lowest BCUT2D eigenvalue weighted by Crippen LogP contribution is -1.89. The first-order chi connectivity index (χ1) is 16.5. The molecule has 4 aromatic rings.